The quantitative estimate of drug-likeness (QED) is 0.215. The molecule has 0 saturated carbocycles. The Morgan fingerprint density at radius 1 is 1.28 bits per heavy atom. The van der Waals surface area contributed by atoms with E-state index in [2.05, 4.69) is 48.8 Å². The number of aromatic nitrogens is 1. The minimum absolute atomic E-state index is 0.0640. The molecule has 0 spiro atoms. The molecule has 7 heteroatoms. The lowest BCUT2D eigenvalue weighted by molar-refractivity contribution is -0.132. The minimum Gasteiger partial charge on any atom is -0.478 e. The highest BCUT2D eigenvalue weighted by molar-refractivity contribution is 7.09. The van der Waals surface area contributed by atoms with Crippen molar-refractivity contribution in [3.05, 3.63) is 75.9 Å². The van der Waals surface area contributed by atoms with Crippen molar-refractivity contribution in [2.24, 2.45) is 0 Å². The van der Waals surface area contributed by atoms with Gasteiger partial charge in [0.1, 0.15) is 0 Å². The summed E-state index contributed by atoms with van der Waals surface area (Å²) in [7, 11) is 2.04. The number of allylic oxidation sites excluding steroid dienone is 4. The van der Waals surface area contributed by atoms with Crippen LogP contribution in [0.3, 0.4) is 0 Å². The zero-order chi connectivity index (χ0) is 23.7. The molecule has 172 valence electrons. The molecule has 0 amide bonds. The Hall–Kier alpha value is -2.90. The van der Waals surface area contributed by atoms with Gasteiger partial charge in [-0.3, -0.25) is 10.7 Å². The summed E-state index contributed by atoms with van der Waals surface area (Å²) < 4.78 is 0. The molecular formula is C25H33N3O3S. The predicted molar refractivity (Wildman–Crippen MR) is 132 cm³/mol. The summed E-state index contributed by atoms with van der Waals surface area (Å²) in [5, 5.41) is 22.2. The second-order valence-corrected chi connectivity index (χ2v) is 8.58. The van der Waals surface area contributed by atoms with E-state index >= 15 is 0 Å². The summed E-state index contributed by atoms with van der Waals surface area (Å²) in [5.41, 5.74) is 5.02. The molecule has 0 radical (unpaired) electrons. The monoisotopic (exact) mass is 455 g/mol. The summed E-state index contributed by atoms with van der Waals surface area (Å²) in [6.07, 6.45) is 8.90. The number of carboxylic acid groups (broad SMARTS) is 1. The molecule has 1 aromatic carbocycles. The lowest BCUT2D eigenvalue weighted by atomic mass is 9.96. The van der Waals surface area contributed by atoms with Crippen LogP contribution in [0.25, 0.3) is 5.57 Å². The van der Waals surface area contributed by atoms with Gasteiger partial charge in [-0.05, 0) is 38.1 Å². The molecule has 2 aromatic rings. The predicted octanol–water partition coefficient (Wildman–Crippen LogP) is 6.12. The molecule has 2 atom stereocenters. The SMILES string of the molecule is CCC(C=CC(=C(C)C(=O)O)c1ccccc1NO)c1nc(C(C)C=CN(C)CC)cs1. The molecule has 0 aliphatic carbocycles. The Labute approximate surface area is 194 Å². The first-order valence-electron chi connectivity index (χ1n) is 10.8. The molecular weight excluding hydrogens is 422 g/mol. The molecule has 6 nitrogen and oxygen atoms in total. The fraction of sp³-hybridized carbons (Fsp3) is 0.360. The van der Waals surface area contributed by atoms with Crippen molar-refractivity contribution in [1.82, 2.24) is 9.88 Å². The number of hydrogen-bond donors (Lipinski definition) is 3. The average molecular weight is 456 g/mol. The van der Waals surface area contributed by atoms with Crippen molar-refractivity contribution in [1.29, 1.82) is 0 Å². The smallest absolute Gasteiger partial charge is 0.331 e. The largest absolute Gasteiger partial charge is 0.478 e. The number of rotatable bonds is 11. The Balaban J connectivity index is 2.34. The third-order valence-corrected chi connectivity index (χ3v) is 6.44. The molecule has 2 unspecified atom stereocenters. The van der Waals surface area contributed by atoms with Gasteiger partial charge in [0.05, 0.1) is 16.4 Å². The fourth-order valence-corrected chi connectivity index (χ4v) is 4.20. The number of benzene rings is 1. The van der Waals surface area contributed by atoms with Crippen LogP contribution in [0.1, 0.15) is 62.2 Å². The second kappa shape index (κ2) is 12.2. The van der Waals surface area contributed by atoms with Gasteiger partial charge < -0.3 is 10.0 Å². The normalized spacial score (nSPS) is 14.4. The molecule has 3 N–H and O–H groups in total. The topological polar surface area (TPSA) is 85.7 Å². The number of hydrogen-bond acceptors (Lipinski definition) is 6. The van der Waals surface area contributed by atoms with Crippen LogP contribution in [-0.2, 0) is 4.79 Å². The summed E-state index contributed by atoms with van der Waals surface area (Å²) in [6.45, 7) is 8.85. The Kier molecular flexibility index (Phi) is 9.68. The highest BCUT2D eigenvalue weighted by atomic mass is 32.1. The number of carbonyl (C=O) groups is 1. The van der Waals surface area contributed by atoms with Gasteiger partial charge >= 0.3 is 5.97 Å². The van der Waals surface area contributed by atoms with E-state index in [0.717, 1.165) is 23.7 Å². The van der Waals surface area contributed by atoms with E-state index in [9.17, 15) is 15.1 Å². The fourth-order valence-electron chi connectivity index (χ4n) is 3.11. The van der Waals surface area contributed by atoms with E-state index in [1.807, 2.05) is 25.3 Å². The van der Waals surface area contributed by atoms with Gasteiger partial charge in [-0.15, -0.1) is 11.3 Å². The van der Waals surface area contributed by atoms with Gasteiger partial charge in [-0.2, -0.15) is 0 Å². The third-order valence-electron chi connectivity index (χ3n) is 5.45. The Bertz CT molecular complexity index is 994. The van der Waals surface area contributed by atoms with Crippen molar-refractivity contribution in [3.63, 3.8) is 0 Å². The molecule has 2 rings (SSSR count). The molecule has 1 aromatic heterocycles. The molecule has 1 heterocycles. The lowest BCUT2D eigenvalue weighted by Crippen LogP contribution is -2.09. The van der Waals surface area contributed by atoms with Crippen LogP contribution in [0.2, 0.25) is 0 Å². The minimum atomic E-state index is -1.00. The van der Waals surface area contributed by atoms with E-state index in [4.69, 9.17) is 4.98 Å². The second-order valence-electron chi connectivity index (χ2n) is 7.69. The maximum Gasteiger partial charge on any atom is 0.331 e. The molecule has 0 aliphatic rings. The van der Waals surface area contributed by atoms with Gasteiger partial charge in [-0.25, -0.2) is 9.78 Å². The van der Waals surface area contributed by atoms with Crippen LogP contribution >= 0.6 is 11.3 Å². The number of nitrogens with zero attached hydrogens (tertiary/aromatic N) is 2. The van der Waals surface area contributed by atoms with Crippen molar-refractivity contribution < 1.29 is 15.1 Å². The first-order valence-corrected chi connectivity index (χ1v) is 11.7. The lowest BCUT2D eigenvalue weighted by Gasteiger charge is -2.13. The molecule has 0 fully saturated rings. The van der Waals surface area contributed by atoms with Crippen molar-refractivity contribution in [3.8, 4) is 0 Å². The third kappa shape index (κ3) is 6.55. The molecule has 0 saturated heterocycles. The van der Waals surface area contributed by atoms with E-state index in [0.29, 0.717) is 16.8 Å². The van der Waals surface area contributed by atoms with Crippen LogP contribution in [0.4, 0.5) is 5.69 Å². The number of aliphatic carboxylic acids is 1. The van der Waals surface area contributed by atoms with Crippen LogP contribution in [0, 0.1) is 0 Å². The maximum absolute atomic E-state index is 11.7. The highest BCUT2D eigenvalue weighted by Gasteiger charge is 2.16. The molecule has 0 bridgehead atoms. The van der Waals surface area contributed by atoms with Gasteiger partial charge in [0.15, 0.2) is 0 Å². The summed E-state index contributed by atoms with van der Waals surface area (Å²) >= 11 is 1.63. The number of anilines is 1. The summed E-state index contributed by atoms with van der Waals surface area (Å²) in [5.74, 6) is -0.726. The number of para-hydroxylation sites is 1. The van der Waals surface area contributed by atoms with E-state index in [1.165, 1.54) is 0 Å². The summed E-state index contributed by atoms with van der Waals surface area (Å²) in [4.78, 5) is 18.7. The van der Waals surface area contributed by atoms with E-state index < -0.39 is 5.97 Å². The average Bonchev–Trinajstić information content (AvgIpc) is 3.29. The summed E-state index contributed by atoms with van der Waals surface area (Å²) in [6, 6.07) is 7.08. The van der Waals surface area contributed by atoms with Crippen molar-refractivity contribution >= 4 is 28.6 Å². The van der Waals surface area contributed by atoms with Crippen molar-refractivity contribution in [2.75, 3.05) is 19.1 Å². The highest BCUT2D eigenvalue weighted by Crippen LogP contribution is 2.32. The van der Waals surface area contributed by atoms with Gasteiger partial charge in [-0.1, -0.05) is 50.3 Å². The van der Waals surface area contributed by atoms with Gasteiger partial charge in [0, 0.05) is 41.9 Å². The van der Waals surface area contributed by atoms with E-state index in [-0.39, 0.29) is 17.4 Å². The van der Waals surface area contributed by atoms with Crippen molar-refractivity contribution in [2.45, 2.75) is 46.0 Å². The van der Waals surface area contributed by atoms with Crippen LogP contribution < -0.4 is 5.48 Å². The van der Waals surface area contributed by atoms with E-state index in [1.54, 1.807) is 36.5 Å². The number of nitrogens with one attached hydrogen (secondary N) is 1. The zero-order valence-corrected chi connectivity index (χ0v) is 20.2. The van der Waals surface area contributed by atoms with Gasteiger partial charge in [0.2, 0.25) is 0 Å². The van der Waals surface area contributed by atoms with Gasteiger partial charge in [0.25, 0.3) is 0 Å². The Morgan fingerprint density at radius 3 is 2.62 bits per heavy atom. The number of carboxylic acids is 1. The Morgan fingerprint density at radius 2 is 2.00 bits per heavy atom. The standard InChI is InChI=1S/C25H33N3O3S/c1-6-19(24-26-23(16-32-24)17(3)14-15-28(5)7-2)12-13-20(18(4)25(29)30)21-10-8-9-11-22(21)27-31/h8-17,19,27,31H,6-7H2,1-5H3,(H,29,30). The molecule has 0 aliphatic heterocycles. The maximum atomic E-state index is 11.7. The molecule has 32 heavy (non-hydrogen) atoms. The zero-order valence-electron chi connectivity index (χ0n) is 19.4. The van der Waals surface area contributed by atoms with Crippen LogP contribution in [0.5, 0.6) is 0 Å². The van der Waals surface area contributed by atoms with Crippen LogP contribution in [-0.4, -0.2) is 39.8 Å². The first-order chi connectivity index (χ1) is 15.3. The number of thiazole rings is 1. The first kappa shape index (κ1) is 25.4. The van der Waals surface area contributed by atoms with Crippen LogP contribution in [0.15, 0.2) is 59.6 Å².